The van der Waals surface area contributed by atoms with Gasteiger partial charge in [-0.2, -0.15) is 0 Å². The van der Waals surface area contributed by atoms with Crippen molar-refractivity contribution < 1.29 is 14.6 Å². The standard InChI is InChI=1S/C19H24O3/c20-15-6-8-19(9-7-15)11-14-4-5-16(10-17(14)18(19)21)22-12-13-2-1-3-13/h4-5,10,13,15,20H,1-3,6-9,11-12H2/t15-,19-. The van der Waals surface area contributed by atoms with Gasteiger partial charge >= 0.3 is 0 Å². The predicted molar refractivity (Wildman–Crippen MR) is 84.2 cm³/mol. The van der Waals surface area contributed by atoms with Crippen LogP contribution >= 0.6 is 0 Å². The number of carbonyl (C=O) groups is 1. The van der Waals surface area contributed by atoms with Crippen LogP contribution in [0.2, 0.25) is 0 Å². The van der Waals surface area contributed by atoms with E-state index in [0.717, 1.165) is 55.6 Å². The highest BCUT2D eigenvalue weighted by Gasteiger charge is 2.47. The van der Waals surface area contributed by atoms with Crippen LogP contribution in [0.5, 0.6) is 5.75 Å². The third-order valence-corrected chi connectivity index (χ3v) is 5.96. The van der Waals surface area contributed by atoms with Gasteiger partial charge < -0.3 is 9.84 Å². The Kier molecular flexibility index (Phi) is 3.48. The number of benzene rings is 1. The molecule has 1 aromatic carbocycles. The first kappa shape index (κ1) is 14.3. The zero-order valence-electron chi connectivity index (χ0n) is 13.0. The number of hydrogen-bond donors (Lipinski definition) is 1. The largest absolute Gasteiger partial charge is 0.493 e. The molecule has 0 saturated heterocycles. The zero-order valence-corrected chi connectivity index (χ0v) is 13.0. The molecule has 2 fully saturated rings. The quantitative estimate of drug-likeness (QED) is 0.929. The summed E-state index contributed by atoms with van der Waals surface area (Å²) in [7, 11) is 0. The van der Waals surface area contributed by atoms with Crippen LogP contribution in [0.25, 0.3) is 0 Å². The number of ketones is 1. The van der Waals surface area contributed by atoms with E-state index in [4.69, 9.17) is 4.74 Å². The molecule has 0 amide bonds. The Balaban J connectivity index is 1.50. The first-order chi connectivity index (χ1) is 10.7. The molecular formula is C19H24O3. The van der Waals surface area contributed by atoms with Gasteiger partial charge in [-0.1, -0.05) is 12.5 Å². The molecule has 2 saturated carbocycles. The SMILES string of the molecule is O=C1c2cc(OCC3CCC3)ccc2C[C@]12CC[C@@H](O)CC2. The Hall–Kier alpha value is -1.35. The van der Waals surface area contributed by atoms with Gasteiger partial charge in [0.15, 0.2) is 5.78 Å². The van der Waals surface area contributed by atoms with E-state index in [9.17, 15) is 9.90 Å². The lowest BCUT2D eigenvalue weighted by Gasteiger charge is -2.33. The van der Waals surface area contributed by atoms with Crippen molar-refractivity contribution in [3.05, 3.63) is 29.3 Å². The number of carbonyl (C=O) groups excluding carboxylic acids is 1. The van der Waals surface area contributed by atoms with Gasteiger partial charge in [0.1, 0.15) is 5.75 Å². The van der Waals surface area contributed by atoms with Crippen molar-refractivity contribution in [1.82, 2.24) is 0 Å². The minimum atomic E-state index is -0.242. The molecule has 0 unspecified atom stereocenters. The summed E-state index contributed by atoms with van der Waals surface area (Å²) >= 11 is 0. The predicted octanol–water partition coefficient (Wildman–Crippen LogP) is 3.53. The monoisotopic (exact) mass is 300 g/mol. The van der Waals surface area contributed by atoms with Crippen molar-refractivity contribution in [1.29, 1.82) is 0 Å². The molecule has 1 N–H and O–H groups in total. The summed E-state index contributed by atoms with van der Waals surface area (Å²) in [4.78, 5) is 12.9. The van der Waals surface area contributed by atoms with Crippen LogP contribution in [-0.4, -0.2) is 23.6 Å². The smallest absolute Gasteiger partial charge is 0.169 e. The molecule has 0 aromatic heterocycles. The Morgan fingerprint density at radius 3 is 2.64 bits per heavy atom. The van der Waals surface area contributed by atoms with E-state index in [1.54, 1.807) is 0 Å². The lowest BCUT2D eigenvalue weighted by atomic mass is 9.70. The van der Waals surface area contributed by atoms with Crippen LogP contribution in [0.4, 0.5) is 0 Å². The molecular weight excluding hydrogens is 276 g/mol. The van der Waals surface area contributed by atoms with Crippen molar-refractivity contribution in [3.63, 3.8) is 0 Å². The maximum absolute atomic E-state index is 12.9. The highest BCUT2D eigenvalue weighted by Crippen LogP contribution is 2.47. The van der Waals surface area contributed by atoms with Gasteiger partial charge in [-0.05, 0) is 68.6 Å². The molecule has 118 valence electrons. The summed E-state index contributed by atoms with van der Waals surface area (Å²) in [6.07, 6.45) is 7.64. The van der Waals surface area contributed by atoms with Crippen LogP contribution in [-0.2, 0) is 6.42 Å². The number of ether oxygens (including phenoxy) is 1. The summed E-state index contributed by atoms with van der Waals surface area (Å²) in [6, 6.07) is 6.04. The molecule has 1 aromatic rings. The Morgan fingerprint density at radius 2 is 1.95 bits per heavy atom. The molecule has 0 atom stereocenters. The van der Waals surface area contributed by atoms with Gasteiger partial charge in [0, 0.05) is 11.0 Å². The van der Waals surface area contributed by atoms with Crippen LogP contribution in [0, 0.1) is 11.3 Å². The molecule has 3 aliphatic rings. The molecule has 1 spiro atoms. The maximum Gasteiger partial charge on any atom is 0.169 e. The first-order valence-electron chi connectivity index (χ1n) is 8.65. The third-order valence-electron chi connectivity index (χ3n) is 5.96. The lowest BCUT2D eigenvalue weighted by molar-refractivity contribution is 0.0513. The van der Waals surface area contributed by atoms with Gasteiger partial charge in [-0.15, -0.1) is 0 Å². The maximum atomic E-state index is 12.9. The Bertz CT molecular complexity index is 580. The number of aliphatic hydroxyl groups is 1. The third kappa shape index (κ3) is 2.36. The van der Waals surface area contributed by atoms with Gasteiger partial charge in [-0.25, -0.2) is 0 Å². The molecule has 0 heterocycles. The molecule has 0 bridgehead atoms. The van der Waals surface area contributed by atoms with Crippen LogP contribution in [0.3, 0.4) is 0 Å². The van der Waals surface area contributed by atoms with Crippen LogP contribution < -0.4 is 4.74 Å². The summed E-state index contributed by atoms with van der Waals surface area (Å²) in [5.41, 5.74) is 1.79. The van der Waals surface area contributed by atoms with Crippen LogP contribution in [0.1, 0.15) is 60.9 Å². The fraction of sp³-hybridized carbons (Fsp3) is 0.632. The van der Waals surface area contributed by atoms with E-state index >= 15 is 0 Å². The highest BCUT2D eigenvalue weighted by molar-refractivity contribution is 6.05. The van der Waals surface area contributed by atoms with E-state index in [1.165, 1.54) is 19.3 Å². The number of Topliss-reactive ketones (excluding diaryl/α,β-unsaturated/α-hetero) is 1. The highest BCUT2D eigenvalue weighted by atomic mass is 16.5. The number of aliphatic hydroxyl groups excluding tert-OH is 1. The molecule has 4 rings (SSSR count). The fourth-order valence-corrected chi connectivity index (χ4v) is 4.17. The van der Waals surface area contributed by atoms with E-state index < -0.39 is 0 Å². The average Bonchev–Trinajstić information content (AvgIpc) is 2.74. The lowest BCUT2D eigenvalue weighted by Crippen LogP contribution is -2.34. The van der Waals surface area contributed by atoms with E-state index in [0.29, 0.717) is 5.92 Å². The van der Waals surface area contributed by atoms with Crippen molar-refractivity contribution in [2.24, 2.45) is 11.3 Å². The van der Waals surface area contributed by atoms with E-state index in [2.05, 4.69) is 6.07 Å². The second kappa shape index (κ2) is 5.38. The average molecular weight is 300 g/mol. The summed E-state index contributed by atoms with van der Waals surface area (Å²) in [5.74, 6) is 1.82. The zero-order chi connectivity index (χ0) is 15.2. The molecule has 3 heteroatoms. The van der Waals surface area contributed by atoms with Gasteiger partial charge in [0.2, 0.25) is 0 Å². The fourth-order valence-electron chi connectivity index (χ4n) is 4.17. The second-order valence-electron chi connectivity index (χ2n) is 7.44. The van der Waals surface area contributed by atoms with Crippen LogP contribution in [0.15, 0.2) is 18.2 Å². The van der Waals surface area contributed by atoms with Crippen molar-refractivity contribution >= 4 is 5.78 Å². The number of hydrogen-bond acceptors (Lipinski definition) is 3. The Labute approximate surface area is 131 Å². The molecule has 0 aliphatic heterocycles. The molecule has 22 heavy (non-hydrogen) atoms. The summed E-state index contributed by atoms with van der Waals surface area (Å²) < 4.78 is 5.88. The van der Waals surface area contributed by atoms with Gasteiger partial charge in [-0.3, -0.25) is 4.79 Å². The molecule has 3 aliphatic carbocycles. The Morgan fingerprint density at radius 1 is 1.18 bits per heavy atom. The van der Waals surface area contributed by atoms with Gasteiger partial charge in [0.25, 0.3) is 0 Å². The second-order valence-corrected chi connectivity index (χ2v) is 7.44. The molecule has 3 nitrogen and oxygen atoms in total. The van der Waals surface area contributed by atoms with E-state index in [1.807, 2.05) is 12.1 Å². The first-order valence-corrected chi connectivity index (χ1v) is 8.65. The number of rotatable bonds is 3. The van der Waals surface area contributed by atoms with Crippen molar-refractivity contribution in [2.75, 3.05) is 6.61 Å². The summed E-state index contributed by atoms with van der Waals surface area (Å²) in [5, 5.41) is 9.72. The van der Waals surface area contributed by atoms with E-state index in [-0.39, 0.29) is 17.3 Å². The van der Waals surface area contributed by atoms with Crippen molar-refractivity contribution in [3.8, 4) is 5.75 Å². The minimum absolute atomic E-state index is 0.219. The minimum Gasteiger partial charge on any atom is -0.493 e. The van der Waals surface area contributed by atoms with Gasteiger partial charge in [0.05, 0.1) is 12.7 Å². The molecule has 0 radical (unpaired) electrons. The number of fused-ring (bicyclic) bond motifs is 1. The summed E-state index contributed by atoms with van der Waals surface area (Å²) in [6.45, 7) is 0.782. The normalized spacial score (nSPS) is 31.1. The topological polar surface area (TPSA) is 46.5 Å². The van der Waals surface area contributed by atoms with Crippen molar-refractivity contribution in [2.45, 2.75) is 57.5 Å².